The maximum atomic E-state index is 13.1. The Hall–Kier alpha value is -1.02. The van der Waals surface area contributed by atoms with Gasteiger partial charge in [0.25, 0.3) is 10.0 Å². The van der Waals surface area contributed by atoms with Crippen molar-refractivity contribution in [1.82, 2.24) is 13.9 Å². The van der Waals surface area contributed by atoms with Crippen LogP contribution >= 0.6 is 23.4 Å². The summed E-state index contributed by atoms with van der Waals surface area (Å²) in [7, 11) is -1.84. The second-order valence-corrected chi connectivity index (χ2v) is 9.50. The summed E-state index contributed by atoms with van der Waals surface area (Å²) < 4.78 is 29.5. The molecule has 0 amide bonds. The quantitative estimate of drug-likeness (QED) is 0.806. The zero-order valence-electron chi connectivity index (χ0n) is 13.8. The number of aromatic nitrogens is 2. The second-order valence-electron chi connectivity index (χ2n) is 6.06. The Morgan fingerprint density at radius 1 is 1.33 bits per heavy atom. The van der Waals surface area contributed by atoms with Gasteiger partial charge in [-0.15, -0.1) is 11.8 Å². The Morgan fingerprint density at radius 2 is 2.04 bits per heavy atom. The summed E-state index contributed by atoms with van der Waals surface area (Å²) in [5.41, 5.74) is 0.824. The van der Waals surface area contributed by atoms with Gasteiger partial charge in [0.05, 0.1) is 5.37 Å². The standard InChI is InChI=1S/C16H20ClN3O2S2/c1-11(2)15-18-14(10-19(15)3)24(21,22)20-8-9-23-16(20)12-6-4-5-7-13(12)17/h4-7,10-11,16H,8-9H2,1-3H3. The van der Waals surface area contributed by atoms with Gasteiger partial charge in [0.15, 0.2) is 5.03 Å². The molecule has 8 heteroatoms. The van der Waals surface area contributed by atoms with Gasteiger partial charge in [-0.25, -0.2) is 13.4 Å². The van der Waals surface area contributed by atoms with Crippen molar-refractivity contribution < 1.29 is 8.42 Å². The van der Waals surface area contributed by atoms with Crippen LogP contribution in [0.3, 0.4) is 0 Å². The van der Waals surface area contributed by atoms with Gasteiger partial charge in [-0.3, -0.25) is 0 Å². The minimum absolute atomic E-state index is 0.105. The van der Waals surface area contributed by atoms with Gasteiger partial charge in [-0.05, 0) is 11.6 Å². The number of sulfonamides is 1. The maximum absolute atomic E-state index is 13.1. The van der Waals surface area contributed by atoms with Crippen molar-refractivity contribution in [2.75, 3.05) is 12.3 Å². The average molecular weight is 386 g/mol. The molecule has 1 aliphatic rings. The summed E-state index contributed by atoms with van der Waals surface area (Å²) >= 11 is 7.87. The predicted octanol–water partition coefficient (Wildman–Crippen LogP) is 3.63. The first-order valence-electron chi connectivity index (χ1n) is 7.73. The molecule has 5 nitrogen and oxygen atoms in total. The van der Waals surface area contributed by atoms with Crippen molar-refractivity contribution in [1.29, 1.82) is 0 Å². The van der Waals surface area contributed by atoms with E-state index in [-0.39, 0.29) is 16.3 Å². The molecule has 24 heavy (non-hydrogen) atoms. The summed E-state index contributed by atoms with van der Waals surface area (Å²) in [4.78, 5) is 4.37. The lowest BCUT2D eigenvalue weighted by Gasteiger charge is -2.23. The molecule has 0 bridgehead atoms. The molecule has 1 atom stereocenters. The average Bonchev–Trinajstić information content (AvgIpc) is 3.14. The van der Waals surface area contributed by atoms with Crippen LogP contribution in [0.4, 0.5) is 0 Å². The molecule has 1 fully saturated rings. The largest absolute Gasteiger partial charge is 0.336 e. The normalized spacial score (nSPS) is 19.3. The Labute approximate surface area is 152 Å². The van der Waals surface area contributed by atoms with Crippen molar-refractivity contribution in [2.24, 2.45) is 7.05 Å². The van der Waals surface area contributed by atoms with E-state index >= 15 is 0 Å². The first-order valence-corrected chi connectivity index (χ1v) is 10.6. The van der Waals surface area contributed by atoms with E-state index in [4.69, 9.17) is 11.6 Å². The predicted molar refractivity (Wildman–Crippen MR) is 97.8 cm³/mol. The van der Waals surface area contributed by atoms with Crippen LogP contribution in [0, 0.1) is 0 Å². The lowest BCUT2D eigenvalue weighted by molar-refractivity contribution is 0.432. The number of aryl methyl sites for hydroxylation is 1. The minimum Gasteiger partial charge on any atom is -0.336 e. The Balaban J connectivity index is 2.00. The van der Waals surface area contributed by atoms with E-state index in [0.29, 0.717) is 11.6 Å². The molecule has 3 rings (SSSR count). The summed E-state index contributed by atoms with van der Waals surface area (Å²) in [6.07, 6.45) is 1.59. The van der Waals surface area contributed by atoms with Crippen LogP contribution in [-0.4, -0.2) is 34.6 Å². The molecule has 1 aromatic heterocycles. The van der Waals surface area contributed by atoms with E-state index in [1.807, 2.05) is 39.1 Å². The van der Waals surface area contributed by atoms with E-state index < -0.39 is 10.0 Å². The fourth-order valence-electron chi connectivity index (χ4n) is 2.85. The molecule has 1 unspecified atom stereocenters. The third kappa shape index (κ3) is 3.10. The van der Waals surface area contributed by atoms with Crippen LogP contribution in [0.25, 0.3) is 0 Å². The second kappa shape index (κ2) is 6.71. The van der Waals surface area contributed by atoms with Crippen LogP contribution in [0.5, 0.6) is 0 Å². The Kier molecular flexibility index (Phi) is 4.97. The van der Waals surface area contributed by atoms with Crippen molar-refractivity contribution in [3.63, 3.8) is 0 Å². The highest BCUT2D eigenvalue weighted by Gasteiger charge is 2.39. The molecule has 1 aliphatic heterocycles. The molecular weight excluding hydrogens is 366 g/mol. The lowest BCUT2D eigenvalue weighted by atomic mass is 10.2. The fourth-order valence-corrected chi connectivity index (χ4v) is 6.42. The molecule has 1 saturated heterocycles. The zero-order chi connectivity index (χ0) is 17.5. The number of hydrogen-bond acceptors (Lipinski definition) is 4. The zero-order valence-corrected chi connectivity index (χ0v) is 16.2. The van der Waals surface area contributed by atoms with Gasteiger partial charge in [0.2, 0.25) is 0 Å². The first kappa shape index (κ1) is 17.8. The van der Waals surface area contributed by atoms with Crippen molar-refractivity contribution in [3.05, 3.63) is 46.9 Å². The number of benzene rings is 1. The highest BCUT2D eigenvalue weighted by molar-refractivity contribution is 8.01. The van der Waals surface area contributed by atoms with Crippen molar-refractivity contribution in [2.45, 2.75) is 30.2 Å². The number of nitrogens with zero attached hydrogens (tertiary/aromatic N) is 3. The molecule has 2 heterocycles. The van der Waals surface area contributed by atoms with Crippen LogP contribution in [-0.2, 0) is 17.1 Å². The minimum atomic E-state index is -3.67. The summed E-state index contributed by atoms with van der Waals surface area (Å²) in [6.45, 7) is 4.45. The number of imidazole rings is 1. The monoisotopic (exact) mass is 385 g/mol. The molecule has 130 valence electrons. The van der Waals surface area contributed by atoms with Crippen molar-refractivity contribution in [3.8, 4) is 0 Å². The molecule has 0 spiro atoms. The van der Waals surface area contributed by atoms with E-state index in [0.717, 1.165) is 17.1 Å². The number of rotatable bonds is 4. The summed E-state index contributed by atoms with van der Waals surface area (Å²) in [5.74, 6) is 1.65. The number of hydrogen-bond donors (Lipinski definition) is 0. The summed E-state index contributed by atoms with van der Waals surface area (Å²) in [5, 5.41) is 0.377. The summed E-state index contributed by atoms with van der Waals surface area (Å²) in [6, 6.07) is 7.39. The van der Waals surface area contributed by atoms with Gasteiger partial charge in [-0.2, -0.15) is 4.31 Å². The van der Waals surface area contributed by atoms with Gasteiger partial charge < -0.3 is 4.57 Å². The van der Waals surface area contributed by atoms with Crippen LogP contribution in [0.15, 0.2) is 35.5 Å². The first-order chi connectivity index (χ1) is 11.3. The third-order valence-electron chi connectivity index (χ3n) is 4.00. The Bertz CT molecular complexity index is 849. The third-order valence-corrected chi connectivity index (χ3v) is 7.46. The molecule has 1 aromatic carbocycles. The highest BCUT2D eigenvalue weighted by Crippen LogP contribution is 2.43. The van der Waals surface area contributed by atoms with Gasteiger partial charge in [0, 0.05) is 36.5 Å². The van der Waals surface area contributed by atoms with Crippen LogP contribution in [0.2, 0.25) is 5.02 Å². The van der Waals surface area contributed by atoms with E-state index in [2.05, 4.69) is 4.98 Å². The van der Waals surface area contributed by atoms with Crippen molar-refractivity contribution >= 4 is 33.4 Å². The topological polar surface area (TPSA) is 55.2 Å². The maximum Gasteiger partial charge on any atom is 0.263 e. The van der Waals surface area contributed by atoms with Crippen LogP contribution < -0.4 is 0 Å². The molecule has 2 aromatic rings. The molecule has 0 saturated carbocycles. The van der Waals surface area contributed by atoms with Crippen LogP contribution in [0.1, 0.15) is 36.5 Å². The van der Waals surface area contributed by atoms with Gasteiger partial charge in [-0.1, -0.05) is 43.6 Å². The molecule has 0 radical (unpaired) electrons. The van der Waals surface area contributed by atoms with E-state index in [9.17, 15) is 8.42 Å². The number of thioether (sulfide) groups is 1. The highest BCUT2D eigenvalue weighted by atomic mass is 35.5. The smallest absolute Gasteiger partial charge is 0.263 e. The van der Waals surface area contributed by atoms with Gasteiger partial charge in [0.1, 0.15) is 5.82 Å². The van der Waals surface area contributed by atoms with Gasteiger partial charge >= 0.3 is 0 Å². The van der Waals surface area contributed by atoms with E-state index in [1.165, 1.54) is 4.31 Å². The Morgan fingerprint density at radius 3 is 2.67 bits per heavy atom. The lowest BCUT2D eigenvalue weighted by Crippen LogP contribution is -2.31. The molecule has 0 aliphatic carbocycles. The fraction of sp³-hybridized carbons (Fsp3) is 0.438. The number of halogens is 1. The van der Waals surface area contributed by atoms with E-state index in [1.54, 1.807) is 28.6 Å². The SMILES string of the molecule is CC(C)c1nc(S(=O)(=O)N2CCSC2c2ccccc2Cl)cn1C. The molecular formula is C16H20ClN3O2S2. The molecule has 0 N–H and O–H groups in total.